The molecule has 0 saturated carbocycles. The summed E-state index contributed by atoms with van der Waals surface area (Å²) in [5.41, 5.74) is 0.774. The largest absolute Gasteiger partial charge is 0.459 e. The van der Waals surface area contributed by atoms with Gasteiger partial charge < -0.3 is 4.42 Å². The summed E-state index contributed by atoms with van der Waals surface area (Å²) in [7, 11) is 0. The maximum absolute atomic E-state index is 12.1. The molecule has 0 fully saturated rings. The predicted octanol–water partition coefficient (Wildman–Crippen LogP) is 3.09. The Hall–Kier alpha value is -2.11. The van der Waals surface area contributed by atoms with E-state index in [0.29, 0.717) is 5.56 Å². The molecule has 6 heteroatoms. The van der Waals surface area contributed by atoms with E-state index in [9.17, 15) is 18.0 Å². The highest BCUT2D eigenvalue weighted by Gasteiger charge is 2.42. The summed E-state index contributed by atoms with van der Waals surface area (Å²) in [6.07, 6.45) is -3.95. The normalized spacial score (nSPS) is 11.5. The Balaban J connectivity index is 2.32. The highest BCUT2D eigenvalue weighted by molar-refractivity contribution is 5.96. The zero-order chi connectivity index (χ0) is 12.5. The second-order valence-corrected chi connectivity index (χ2v) is 3.23. The van der Waals surface area contributed by atoms with Gasteiger partial charge in [0.1, 0.15) is 12.0 Å². The number of hydrogen-bond acceptors (Lipinski definition) is 3. The lowest BCUT2D eigenvalue weighted by Crippen LogP contribution is -2.22. The van der Waals surface area contributed by atoms with Gasteiger partial charge in [0.15, 0.2) is 0 Å². The molecule has 0 radical (unpaired) electrons. The lowest BCUT2D eigenvalue weighted by atomic mass is 10.2. The number of carbonyl (C=O) groups is 1. The predicted molar refractivity (Wildman–Crippen MR) is 52.3 cm³/mol. The monoisotopic (exact) mass is 241 g/mol. The molecule has 1 heterocycles. The fourth-order valence-corrected chi connectivity index (χ4v) is 1.24. The molecule has 0 N–H and O–H groups in total. The van der Waals surface area contributed by atoms with E-state index in [1.54, 1.807) is 30.3 Å². The van der Waals surface area contributed by atoms with Crippen LogP contribution < -0.4 is 0 Å². The Kier molecular flexibility index (Phi) is 2.71. The number of hydrogen-bond donors (Lipinski definition) is 0. The summed E-state index contributed by atoms with van der Waals surface area (Å²) in [5.74, 6) is -3.03. The van der Waals surface area contributed by atoms with Crippen molar-refractivity contribution in [2.45, 2.75) is 6.18 Å². The maximum Gasteiger partial charge on any atom is 0.459 e. The molecule has 0 aliphatic heterocycles. The van der Waals surface area contributed by atoms with E-state index < -0.39 is 17.9 Å². The van der Waals surface area contributed by atoms with Gasteiger partial charge in [0.2, 0.25) is 0 Å². The van der Waals surface area contributed by atoms with Crippen molar-refractivity contribution < 1.29 is 22.4 Å². The number of nitrogens with zero attached hydrogens (tertiary/aromatic N) is 1. The Labute approximate surface area is 93.9 Å². The van der Waals surface area contributed by atoms with Crippen LogP contribution in [0.25, 0.3) is 11.3 Å². The summed E-state index contributed by atoms with van der Waals surface area (Å²) >= 11 is 0. The van der Waals surface area contributed by atoms with Crippen molar-refractivity contribution in [1.29, 1.82) is 0 Å². The van der Waals surface area contributed by atoms with Gasteiger partial charge >= 0.3 is 12.0 Å². The first-order valence-corrected chi connectivity index (χ1v) is 4.61. The maximum atomic E-state index is 12.1. The van der Waals surface area contributed by atoms with Crippen LogP contribution in [0.2, 0.25) is 0 Å². The first kappa shape index (κ1) is 11.4. The molecule has 17 heavy (non-hydrogen) atoms. The van der Waals surface area contributed by atoms with Crippen LogP contribution in [0.3, 0.4) is 0 Å². The minimum Gasteiger partial charge on any atom is -0.441 e. The van der Waals surface area contributed by atoms with Crippen LogP contribution in [0, 0.1) is 0 Å². The zero-order valence-electron chi connectivity index (χ0n) is 8.36. The zero-order valence-corrected chi connectivity index (χ0v) is 8.36. The molecule has 1 aromatic heterocycles. The SMILES string of the molecule is O=C(c1nc(-c2ccccc2)co1)C(F)(F)F. The molecule has 1 aromatic carbocycles. The second kappa shape index (κ2) is 4.04. The minimum atomic E-state index is -4.97. The fourth-order valence-electron chi connectivity index (χ4n) is 1.24. The first-order valence-electron chi connectivity index (χ1n) is 4.61. The second-order valence-electron chi connectivity index (χ2n) is 3.23. The van der Waals surface area contributed by atoms with E-state index in [2.05, 4.69) is 9.40 Å². The number of ketones is 1. The van der Waals surface area contributed by atoms with Crippen LogP contribution in [0.1, 0.15) is 10.7 Å². The van der Waals surface area contributed by atoms with Gasteiger partial charge in [0.25, 0.3) is 5.89 Å². The fraction of sp³-hybridized carbons (Fsp3) is 0.0909. The average molecular weight is 241 g/mol. The lowest BCUT2D eigenvalue weighted by molar-refractivity contribution is -0.0903. The van der Waals surface area contributed by atoms with Crippen LogP contribution >= 0.6 is 0 Å². The van der Waals surface area contributed by atoms with Crippen molar-refractivity contribution in [3.05, 3.63) is 42.5 Å². The molecule has 0 aliphatic rings. The number of Topliss-reactive ketones (excluding diaryl/α,β-unsaturated/α-hetero) is 1. The molecule has 0 saturated heterocycles. The van der Waals surface area contributed by atoms with Gasteiger partial charge in [-0.3, -0.25) is 4.79 Å². The van der Waals surface area contributed by atoms with Crippen LogP contribution in [-0.4, -0.2) is 16.9 Å². The Morgan fingerprint density at radius 3 is 2.41 bits per heavy atom. The molecular formula is C11H6F3NO2. The Morgan fingerprint density at radius 2 is 1.82 bits per heavy atom. The number of alkyl halides is 3. The number of aromatic nitrogens is 1. The van der Waals surface area contributed by atoms with Gasteiger partial charge in [-0.05, 0) is 0 Å². The molecular weight excluding hydrogens is 235 g/mol. The van der Waals surface area contributed by atoms with Gasteiger partial charge in [-0.25, -0.2) is 4.98 Å². The van der Waals surface area contributed by atoms with Crippen molar-refractivity contribution in [3.63, 3.8) is 0 Å². The van der Waals surface area contributed by atoms with Crippen LogP contribution in [0.5, 0.6) is 0 Å². The molecule has 2 aromatic rings. The Morgan fingerprint density at radius 1 is 1.18 bits per heavy atom. The summed E-state index contributed by atoms with van der Waals surface area (Å²) in [4.78, 5) is 14.3. The molecule has 3 nitrogen and oxygen atoms in total. The summed E-state index contributed by atoms with van der Waals surface area (Å²) in [6.45, 7) is 0. The molecule has 0 bridgehead atoms. The summed E-state index contributed by atoms with van der Waals surface area (Å²) in [5, 5.41) is 0. The van der Waals surface area contributed by atoms with Crippen molar-refractivity contribution in [1.82, 2.24) is 4.98 Å². The first-order chi connectivity index (χ1) is 7.98. The van der Waals surface area contributed by atoms with Gasteiger partial charge in [-0.15, -0.1) is 0 Å². The third-order valence-electron chi connectivity index (χ3n) is 2.03. The van der Waals surface area contributed by atoms with Gasteiger partial charge in [0, 0.05) is 5.56 Å². The van der Waals surface area contributed by atoms with Crippen molar-refractivity contribution in [3.8, 4) is 11.3 Å². The van der Waals surface area contributed by atoms with Crippen LogP contribution in [0.4, 0.5) is 13.2 Å². The minimum absolute atomic E-state index is 0.193. The smallest absolute Gasteiger partial charge is 0.441 e. The molecule has 88 valence electrons. The topological polar surface area (TPSA) is 43.1 Å². The van der Waals surface area contributed by atoms with E-state index in [0.717, 1.165) is 6.26 Å². The third kappa shape index (κ3) is 2.35. The van der Waals surface area contributed by atoms with E-state index >= 15 is 0 Å². The van der Waals surface area contributed by atoms with Crippen LogP contribution in [-0.2, 0) is 0 Å². The molecule has 0 unspecified atom stereocenters. The molecule has 0 amide bonds. The molecule has 0 aliphatic carbocycles. The van der Waals surface area contributed by atoms with Crippen molar-refractivity contribution >= 4 is 5.78 Å². The van der Waals surface area contributed by atoms with Crippen molar-refractivity contribution in [2.75, 3.05) is 0 Å². The number of oxazole rings is 1. The highest BCUT2D eigenvalue weighted by Crippen LogP contribution is 2.24. The number of carbonyl (C=O) groups excluding carboxylic acids is 1. The summed E-state index contributed by atoms with van der Waals surface area (Å²) < 4.78 is 40.8. The highest BCUT2D eigenvalue weighted by atomic mass is 19.4. The van der Waals surface area contributed by atoms with Gasteiger partial charge in [-0.1, -0.05) is 30.3 Å². The summed E-state index contributed by atoms with van der Waals surface area (Å²) in [6, 6.07) is 8.47. The van der Waals surface area contributed by atoms with E-state index in [1.807, 2.05) is 0 Å². The molecule has 0 atom stereocenters. The molecule has 0 spiro atoms. The number of rotatable bonds is 2. The average Bonchev–Trinajstić information content (AvgIpc) is 2.77. The molecule has 2 rings (SSSR count). The third-order valence-corrected chi connectivity index (χ3v) is 2.03. The van der Waals surface area contributed by atoms with Crippen molar-refractivity contribution in [2.24, 2.45) is 0 Å². The lowest BCUT2D eigenvalue weighted by Gasteiger charge is -1.99. The van der Waals surface area contributed by atoms with E-state index in [1.165, 1.54) is 0 Å². The van der Waals surface area contributed by atoms with E-state index in [-0.39, 0.29) is 5.69 Å². The van der Waals surface area contributed by atoms with Gasteiger partial charge in [-0.2, -0.15) is 13.2 Å². The standard InChI is InChI=1S/C11H6F3NO2/c12-11(13,14)9(16)10-15-8(6-17-10)7-4-2-1-3-5-7/h1-6H. The Bertz CT molecular complexity index is 531. The van der Waals surface area contributed by atoms with Crippen LogP contribution in [0.15, 0.2) is 41.0 Å². The van der Waals surface area contributed by atoms with E-state index in [4.69, 9.17) is 0 Å². The number of halogens is 3. The van der Waals surface area contributed by atoms with Gasteiger partial charge in [0.05, 0.1) is 0 Å². The number of benzene rings is 1. The quantitative estimate of drug-likeness (QED) is 0.759.